The van der Waals surface area contributed by atoms with Crippen LogP contribution in [0.1, 0.15) is 34.1 Å². The molecule has 3 rings (SSSR count). The van der Waals surface area contributed by atoms with Crippen molar-refractivity contribution in [2.45, 2.75) is 62.8 Å². The maximum atomic E-state index is 13.0. The highest BCUT2D eigenvalue weighted by Crippen LogP contribution is 2.52. The molecule has 0 spiro atoms. The van der Waals surface area contributed by atoms with Gasteiger partial charge in [-0.1, -0.05) is 13.8 Å². The Balaban J connectivity index is 1.76. The Morgan fingerprint density at radius 1 is 1.33 bits per heavy atom. The number of hydrogen-bond donors (Lipinski definition) is 4. The number of imide groups is 1. The van der Waals surface area contributed by atoms with Crippen molar-refractivity contribution in [1.82, 2.24) is 15.1 Å². The fourth-order valence-corrected chi connectivity index (χ4v) is 7.59. The van der Waals surface area contributed by atoms with Crippen molar-refractivity contribution in [2.24, 2.45) is 17.6 Å². The van der Waals surface area contributed by atoms with Crippen molar-refractivity contribution in [2.75, 3.05) is 18.8 Å². The average Bonchev–Trinajstić information content (AvgIpc) is 3.28. The van der Waals surface area contributed by atoms with Crippen LogP contribution >= 0.6 is 23.5 Å². The summed E-state index contributed by atoms with van der Waals surface area (Å²) < 4.78 is 0. The molecule has 0 bridgehead atoms. The van der Waals surface area contributed by atoms with E-state index in [-0.39, 0.29) is 47.3 Å². The van der Waals surface area contributed by atoms with E-state index in [0.717, 1.165) is 4.90 Å². The van der Waals surface area contributed by atoms with Crippen LogP contribution in [-0.2, 0) is 14.4 Å². The quantitative estimate of drug-likeness (QED) is 0.334. The van der Waals surface area contributed by atoms with Crippen LogP contribution in [0.3, 0.4) is 0 Å². The van der Waals surface area contributed by atoms with Crippen LogP contribution in [-0.4, -0.2) is 91.4 Å². The molecular weight excluding hydrogens is 468 g/mol. The van der Waals surface area contributed by atoms with Crippen molar-refractivity contribution in [3.63, 3.8) is 0 Å². The number of thioether (sulfide) groups is 2. The van der Waals surface area contributed by atoms with Crippen molar-refractivity contribution in [1.29, 1.82) is 0 Å². The molecule has 7 atom stereocenters. The molecule has 0 aromatic rings. The van der Waals surface area contributed by atoms with E-state index < -0.39 is 29.3 Å². The second kappa shape index (κ2) is 10.2. The van der Waals surface area contributed by atoms with Gasteiger partial charge in [0, 0.05) is 35.2 Å². The number of aliphatic hydroxyl groups excluding tert-OH is 1. The first-order valence-corrected chi connectivity index (χ1v) is 13.1. The van der Waals surface area contributed by atoms with Gasteiger partial charge in [0.25, 0.3) is 0 Å². The number of aliphatic hydroxyl groups is 1. The minimum atomic E-state index is -1.15. The molecule has 33 heavy (non-hydrogen) atoms. The summed E-state index contributed by atoms with van der Waals surface area (Å²) in [5.41, 5.74) is 5.38. The van der Waals surface area contributed by atoms with Crippen LogP contribution in [0.25, 0.3) is 0 Å². The Labute approximate surface area is 201 Å². The number of urea groups is 1. The van der Waals surface area contributed by atoms with Gasteiger partial charge >= 0.3 is 12.0 Å². The molecule has 0 aromatic heterocycles. The molecule has 1 unspecified atom stereocenters. The van der Waals surface area contributed by atoms with E-state index in [1.54, 1.807) is 13.8 Å². The van der Waals surface area contributed by atoms with Gasteiger partial charge in [0.2, 0.25) is 11.8 Å². The van der Waals surface area contributed by atoms with Gasteiger partial charge in [0.05, 0.1) is 23.3 Å². The lowest BCUT2D eigenvalue weighted by Gasteiger charge is -2.46. The van der Waals surface area contributed by atoms with Gasteiger partial charge in [0.1, 0.15) is 5.70 Å². The number of carbonyl (C=O) groups excluding carboxylic acids is 3. The van der Waals surface area contributed by atoms with Crippen LogP contribution < -0.4 is 11.1 Å². The van der Waals surface area contributed by atoms with Gasteiger partial charge in [-0.05, 0) is 26.0 Å². The largest absolute Gasteiger partial charge is 0.477 e. The van der Waals surface area contributed by atoms with Crippen LogP contribution in [0.2, 0.25) is 0 Å². The number of carboxylic acids is 1. The number of nitrogens with two attached hydrogens (primary N) is 1. The first-order valence-electron chi connectivity index (χ1n) is 11.2. The number of hydrogen-bond acceptors (Lipinski definition) is 8. The predicted molar refractivity (Wildman–Crippen MR) is 126 cm³/mol. The second-order valence-electron chi connectivity index (χ2n) is 8.56. The van der Waals surface area contributed by atoms with E-state index in [9.17, 15) is 29.4 Å². The van der Waals surface area contributed by atoms with Crippen LogP contribution in [0, 0.1) is 11.8 Å². The SMILES string of the molecule is CCSC(C(=O)N(CC)C(N)=O)[C@@H]1C[C@H](SC2=C(C(=O)O)N3C(=O)[C@H]([C@@H](C)O)[C@H]3[C@H]2C)CN1. The van der Waals surface area contributed by atoms with E-state index in [1.807, 2.05) is 13.8 Å². The van der Waals surface area contributed by atoms with Crippen LogP contribution in [0.15, 0.2) is 10.6 Å². The molecule has 10 nitrogen and oxygen atoms in total. The molecule has 0 aliphatic carbocycles. The zero-order chi connectivity index (χ0) is 24.6. The lowest BCUT2D eigenvalue weighted by molar-refractivity contribution is -0.163. The Bertz CT molecular complexity index is 866. The lowest BCUT2D eigenvalue weighted by Crippen LogP contribution is -2.63. The number of nitrogens with zero attached hydrogens (tertiary/aromatic N) is 2. The Morgan fingerprint density at radius 2 is 2.00 bits per heavy atom. The maximum absolute atomic E-state index is 13.0. The summed E-state index contributed by atoms with van der Waals surface area (Å²) in [5.74, 6) is -1.94. The normalized spacial score (nSPS) is 30.6. The number of fused-ring (bicyclic) bond motifs is 1. The van der Waals surface area contributed by atoms with E-state index in [2.05, 4.69) is 5.32 Å². The van der Waals surface area contributed by atoms with E-state index >= 15 is 0 Å². The van der Waals surface area contributed by atoms with E-state index in [1.165, 1.54) is 28.4 Å². The highest BCUT2D eigenvalue weighted by molar-refractivity contribution is 8.03. The van der Waals surface area contributed by atoms with E-state index in [0.29, 0.717) is 23.6 Å². The predicted octanol–water partition coefficient (Wildman–Crippen LogP) is 0.653. The van der Waals surface area contributed by atoms with Gasteiger partial charge in [-0.25, -0.2) is 9.59 Å². The molecule has 2 saturated heterocycles. The third kappa shape index (κ3) is 4.62. The Morgan fingerprint density at radius 3 is 2.52 bits per heavy atom. The van der Waals surface area contributed by atoms with Crippen LogP contribution in [0.5, 0.6) is 0 Å². The zero-order valence-electron chi connectivity index (χ0n) is 19.2. The van der Waals surface area contributed by atoms with Gasteiger partial charge < -0.3 is 26.2 Å². The summed E-state index contributed by atoms with van der Waals surface area (Å²) in [6.45, 7) is 7.84. The minimum Gasteiger partial charge on any atom is -0.477 e. The number of primary amides is 1. The first kappa shape index (κ1) is 25.9. The van der Waals surface area contributed by atoms with E-state index in [4.69, 9.17) is 5.73 Å². The summed E-state index contributed by atoms with van der Waals surface area (Å²) in [6.07, 6.45) is -0.242. The summed E-state index contributed by atoms with van der Waals surface area (Å²) >= 11 is 2.88. The highest BCUT2D eigenvalue weighted by Gasteiger charge is 2.60. The first-order chi connectivity index (χ1) is 15.5. The highest BCUT2D eigenvalue weighted by atomic mass is 32.2. The average molecular weight is 501 g/mol. The number of β-lactam (4-membered cyclic amide) rings is 1. The van der Waals surface area contributed by atoms with Crippen molar-refractivity contribution < 1.29 is 29.4 Å². The number of rotatable bonds is 9. The van der Waals surface area contributed by atoms with Gasteiger partial charge in [-0.2, -0.15) is 0 Å². The number of carbonyl (C=O) groups is 4. The molecule has 3 aliphatic heterocycles. The smallest absolute Gasteiger partial charge is 0.353 e. The molecule has 3 aliphatic rings. The molecule has 184 valence electrons. The topological polar surface area (TPSA) is 153 Å². The number of carboxylic acid groups (broad SMARTS) is 1. The third-order valence-electron chi connectivity index (χ3n) is 6.53. The van der Waals surface area contributed by atoms with Crippen LogP contribution in [0.4, 0.5) is 4.79 Å². The van der Waals surface area contributed by atoms with Gasteiger partial charge in [-0.3, -0.25) is 14.5 Å². The molecular formula is C21H32N4O6S2. The fourth-order valence-electron chi connectivity index (χ4n) is 5.02. The lowest BCUT2D eigenvalue weighted by atomic mass is 9.79. The van der Waals surface area contributed by atoms with Crippen molar-refractivity contribution >= 4 is 47.3 Å². The zero-order valence-corrected chi connectivity index (χ0v) is 20.8. The Hall–Kier alpha value is -1.76. The number of aliphatic carboxylic acids is 1. The van der Waals surface area contributed by atoms with Gasteiger partial charge in [-0.15, -0.1) is 23.5 Å². The molecule has 4 amide bonds. The number of amides is 4. The van der Waals surface area contributed by atoms with Crippen molar-refractivity contribution in [3.05, 3.63) is 10.6 Å². The summed E-state index contributed by atoms with van der Waals surface area (Å²) in [6, 6.07) is -1.32. The third-order valence-corrected chi connectivity index (χ3v) is 9.27. The Kier molecular flexibility index (Phi) is 8.03. The molecule has 0 saturated carbocycles. The summed E-state index contributed by atoms with van der Waals surface area (Å²) in [5, 5.41) is 22.7. The molecule has 5 N–H and O–H groups in total. The van der Waals surface area contributed by atoms with Crippen molar-refractivity contribution in [3.8, 4) is 0 Å². The molecule has 3 heterocycles. The standard InChI is InChI=1S/C21H32N4O6S2/c1-5-24(21(22)31)19(28)17(32-6-2)12-7-11(8-23-12)33-16-9(3)14-13(10(4)26)18(27)25(14)15(16)20(29)30/h9-14,17,23,26H,5-8H2,1-4H3,(H2,22,31)(H,29,30)/t9-,10-,11+,12+,13-,14-,17?/m1/s1. The number of nitrogens with one attached hydrogen (secondary N) is 1. The fraction of sp³-hybridized carbons (Fsp3) is 0.714. The molecule has 0 aromatic carbocycles. The monoisotopic (exact) mass is 500 g/mol. The summed E-state index contributed by atoms with van der Waals surface area (Å²) in [4.78, 5) is 52.2. The summed E-state index contributed by atoms with van der Waals surface area (Å²) in [7, 11) is 0. The minimum absolute atomic E-state index is 0.00277. The molecule has 12 heteroatoms. The second-order valence-corrected chi connectivity index (χ2v) is 11.3. The van der Waals surface area contributed by atoms with Gasteiger partial charge in [0.15, 0.2) is 0 Å². The maximum Gasteiger partial charge on any atom is 0.353 e. The molecule has 2 fully saturated rings. The molecule has 0 radical (unpaired) electrons.